The first-order chi connectivity index (χ1) is 12.0. The third-order valence-electron chi connectivity index (χ3n) is 4.04. The fourth-order valence-electron chi connectivity index (χ4n) is 2.61. The molecule has 0 saturated carbocycles. The van der Waals surface area contributed by atoms with Crippen molar-refractivity contribution < 1.29 is 9.59 Å². The number of hydrogen-bond acceptors (Lipinski definition) is 4. The quantitative estimate of drug-likeness (QED) is 0.710. The highest BCUT2D eigenvalue weighted by molar-refractivity contribution is 7.12. The maximum absolute atomic E-state index is 12.5. The molecule has 6 heteroatoms. The Hall–Kier alpha value is -2.73. The zero-order chi connectivity index (χ0) is 18.0. The number of nitrogens with zero attached hydrogens (tertiary/aromatic N) is 2. The number of ketones is 1. The summed E-state index contributed by atoms with van der Waals surface area (Å²) in [4.78, 5) is 25.7. The van der Waals surface area contributed by atoms with Crippen molar-refractivity contribution in [2.24, 2.45) is 7.05 Å². The summed E-state index contributed by atoms with van der Waals surface area (Å²) in [5.41, 5.74) is 2.24. The monoisotopic (exact) mass is 353 g/mol. The van der Waals surface area contributed by atoms with Crippen molar-refractivity contribution >= 4 is 28.8 Å². The van der Waals surface area contributed by atoms with E-state index in [1.807, 2.05) is 43.5 Å². The highest BCUT2D eigenvalue weighted by Gasteiger charge is 2.19. The van der Waals surface area contributed by atoms with E-state index in [9.17, 15) is 9.59 Å². The van der Waals surface area contributed by atoms with Crippen molar-refractivity contribution in [1.82, 2.24) is 9.78 Å². The van der Waals surface area contributed by atoms with Crippen molar-refractivity contribution in [2.75, 3.05) is 5.32 Å². The van der Waals surface area contributed by atoms with Gasteiger partial charge in [0.1, 0.15) is 5.82 Å². The molecule has 3 aromatic rings. The number of anilines is 1. The Morgan fingerprint density at radius 3 is 2.64 bits per heavy atom. The largest absolute Gasteiger partial charge is 0.310 e. The average Bonchev–Trinajstić information content (AvgIpc) is 3.24. The second-order valence-corrected chi connectivity index (χ2v) is 6.89. The maximum Gasteiger partial charge on any atom is 0.232 e. The van der Waals surface area contributed by atoms with Gasteiger partial charge in [0, 0.05) is 18.7 Å². The molecule has 3 rings (SSSR count). The summed E-state index contributed by atoms with van der Waals surface area (Å²) in [7, 11) is 1.79. The Bertz CT molecular complexity index is 913. The summed E-state index contributed by atoms with van der Waals surface area (Å²) in [6.07, 6.45) is 0. The second kappa shape index (κ2) is 7.03. The Labute approximate surface area is 150 Å². The minimum atomic E-state index is -0.383. The van der Waals surface area contributed by atoms with Crippen molar-refractivity contribution in [2.45, 2.75) is 19.8 Å². The van der Waals surface area contributed by atoms with Gasteiger partial charge < -0.3 is 5.32 Å². The van der Waals surface area contributed by atoms with Gasteiger partial charge in [-0.15, -0.1) is 11.3 Å². The number of carbonyl (C=O) groups excluding carboxylic acids is 2. The van der Waals surface area contributed by atoms with Gasteiger partial charge in [-0.2, -0.15) is 5.10 Å². The predicted molar refractivity (Wildman–Crippen MR) is 99.2 cm³/mol. The molecule has 0 radical (unpaired) electrons. The van der Waals surface area contributed by atoms with Gasteiger partial charge in [0.15, 0.2) is 0 Å². The molecule has 1 aromatic carbocycles. The molecule has 2 aromatic heterocycles. The zero-order valence-corrected chi connectivity index (χ0v) is 15.1. The van der Waals surface area contributed by atoms with Crippen molar-refractivity contribution in [3.63, 3.8) is 0 Å². The molecule has 1 unspecified atom stereocenters. The molecule has 128 valence electrons. The molecule has 0 aliphatic heterocycles. The van der Waals surface area contributed by atoms with Crippen LogP contribution in [0.1, 0.15) is 39.3 Å². The first kappa shape index (κ1) is 17.1. The molecule has 25 heavy (non-hydrogen) atoms. The van der Waals surface area contributed by atoms with Gasteiger partial charge in [-0.05, 0) is 36.9 Å². The van der Waals surface area contributed by atoms with Crippen molar-refractivity contribution in [3.8, 4) is 0 Å². The third-order valence-corrected chi connectivity index (χ3v) is 4.91. The van der Waals surface area contributed by atoms with Gasteiger partial charge in [-0.3, -0.25) is 14.3 Å². The average molecular weight is 353 g/mol. The van der Waals surface area contributed by atoms with Crippen LogP contribution in [0.15, 0.2) is 47.8 Å². The highest BCUT2D eigenvalue weighted by Crippen LogP contribution is 2.22. The van der Waals surface area contributed by atoms with Gasteiger partial charge in [-0.1, -0.05) is 24.3 Å². The normalized spacial score (nSPS) is 12.0. The Balaban J connectivity index is 1.79. The number of aromatic nitrogens is 2. The number of amides is 1. The molecule has 5 nitrogen and oxygen atoms in total. The van der Waals surface area contributed by atoms with Crippen LogP contribution in [-0.2, 0) is 11.8 Å². The lowest BCUT2D eigenvalue weighted by molar-refractivity contribution is -0.117. The van der Waals surface area contributed by atoms with E-state index in [2.05, 4.69) is 10.4 Å². The van der Waals surface area contributed by atoms with E-state index in [1.54, 1.807) is 29.9 Å². The molecule has 2 heterocycles. The van der Waals surface area contributed by atoms with E-state index in [4.69, 9.17) is 0 Å². The topological polar surface area (TPSA) is 64.0 Å². The maximum atomic E-state index is 12.5. The third kappa shape index (κ3) is 3.69. The number of benzene rings is 1. The molecule has 0 spiro atoms. The van der Waals surface area contributed by atoms with Crippen LogP contribution >= 0.6 is 11.3 Å². The number of carbonyl (C=O) groups is 2. The molecule has 0 fully saturated rings. The van der Waals surface area contributed by atoms with Gasteiger partial charge in [0.05, 0.1) is 16.5 Å². The summed E-state index contributed by atoms with van der Waals surface area (Å²) >= 11 is 1.41. The number of hydrogen-bond donors (Lipinski definition) is 1. The van der Waals surface area contributed by atoms with E-state index in [0.29, 0.717) is 16.3 Å². The number of thiophene rings is 1. The molecule has 1 atom stereocenters. The van der Waals surface area contributed by atoms with Crippen LogP contribution in [0.25, 0.3) is 0 Å². The van der Waals surface area contributed by atoms with Crippen LogP contribution in [-0.4, -0.2) is 21.5 Å². The van der Waals surface area contributed by atoms with Crippen LogP contribution in [0.3, 0.4) is 0 Å². The highest BCUT2D eigenvalue weighted by atomic mass is 32.1. The van der Waals surface area contributed by atoms with Crippen molar-refractivity contribution in [3.05, 3.63) is 69.5 Å². The fourth-order valence-corrected chi connectivity index (χ4v) is 3.30. The summed E-state index contributed by atoms with van der Waals surface area (Å²) in [5.74, 6) is 0.113. The number of nitrogens with one attached hydrogen (secondary N) is 1. The molecular weight excluding hydrogens is 334 g/mol. The zero-order valence-electron chi connectivity index (χ0n) is 14.3. The van der Waals surface area contributed by atoms with Gasteiger partial charge in [0.2, 0.25) is 11.7 Å². The number of aryl methyl sites for hydroxylation is 2. The summed E-state index contributed by atoms with van der Waals surface area (Å²) < 4.78 is 1.64. The molecule has 0 aliphatic rings. The summed E-state index contributed by atoms with van der Waals surface area (Å²) in [6, 6.07) is 12.7. The van der Waals surface area contributed by atoms with Gasteiger partial charge in [0.25, 0.3) is 0 Å². The number of rotatable bonds is 5. The minimum Gasteiger partial charge on any atom is -0.310 e. The second-order valence-electron chi connectivity index (χ2n) is 5.94. The van der Waals surface area contributed by atoms with E-state index in [0.717, 1.165) is 11.3 Å². The molecule has 0 aliphatic carbocycles. The molecule has 0 saturated heterocycles. The van der Waals surface area contributed by atoms with Crippen LogP contribution in [0.5, 0.6) is 0 Å². The first-order valence-electron chi connectivity index (χ1n) is 7.95. The lowest BCUT2D eigenvalue weighted by Crippen LogP contribution is -2.20. The van der Waals surface area contributed by atoms with Crippen LogP contribution in [0, 0.1) is 6.92 Å². The lowest BCUT2D eigenvalue weighted by Gasteiger charge is -2.13. The smallest absolute Gasteiger partial charge is 0.232 e. The van der Waals surface area contributed by atoms with Gasteiger partial charge >= 0.3 is 0 Å². The fraction of sp³-hybridized carbons (Fsp3) is 0.211. The summed E-state index contributed by atoms with van der Waals surface area (Å²) in [6.45, 7) is 3.70. The lowest BCUT2D eigenvalue weighted by atomic mass is 9.96. The SMILES string of the molecule is Cc1cc(NC(=O)C(C)c2cccc(C(=O)c3cccs3)c2)n(C)n1. The Kier molecular flexibility index (Phi) is 4.81. The first-order valence-corrected chi connectivity index (χ1v) is 8.83. The van der Waals surface area contributed by atoms with Crippen molar-refractivity contribution in [1.29, 1.82) is 0 Å². The van der Waals surface area contributed by atoms with Crippen LogP contribution in [0.4, 0.5) is 5.82 Å². The molecular formula is C19H19N3O2S. The summed E-state index contributed by atoms with van der Waals surface area (Å²) in [5, 5.41) is 8.98. The Morgan fingerprint density at radius 2 is 2.00 bits per heavy atom. The predicted octanol–water partition coefficient (Wildman–Crippen LogP) is 3.76. The van der Waals surface area contributed by atoms with Crippen LogP contribution in [0.2, 0.25) is 0 Å². The molecule has 1 amide bonds. The Morgan fingerprint density at radius 1 is 1.20 bits per heavy atom. The minimum absolute atomic E-state index is 0.0216. The van der Waals surface area contributed by atoms with E-state index in [1.165, 1.54) is 11.3 Å². The van der Waals surface area contributed by atoms with E-state index in [-0.39, 0.29) is 17.6 Å². The van der Waals surface area contributed by atoms with Gasteiger partial charge in [-0.25, -0.2) is 0 Å². The molecule has 1 N–H and O–H groups in total. The van der Waals surface area contributed by atoms with E-state index >= 15 is 0 Å². The molecule has 0 bridgehead atoms. The van der Waals surface area contributed by atoms with E-state index < -0.39 is 0 Å². The van der Waals surface area contributed by atoms with Crippen LogP contribution < -0.4 is 5.32 Å². The standard InChI is InChI=1S/C19H19N3O2S/c1-12-10-17(22(3)21-12)20-19(24)13(2)14-6-4-7-15(11-14)18(23)16-8-5-9-25-16/h4-11,13H,1-3H3,(H,20,24).